The van der Waals surface area contributed by atoms with E-state index in [1.54, 1.807) is 0 Å². The Hall–Kier alpha value is -0.570. The van der Waals surface area contributed by atoms with Gasteiger partial charge < -0.3 is 10.4 Å². The Kier molecular flexibility index (Phi) is 7.65. The summed E-state index contributed by atoms with van der Waals surface area (Å²) in [6.07, 6.45) is 19.1. The molecule has 3 heteroatoms. The van der Waals surface area contributed by atoms with Crippen LogP contribution < -0.4 is 5.32 Å². The van der Waals surface area contributed by atoms with E-state index >= 15 is 0 Å². The zero-order valence-corrected chi connectivity index (χ0v) is 17.8. The molecule has 0 aromatic rings. The van der Waals surface area contributed by atoms with Gasteiger partial charge in [0.05, 0.1) is 5.92 Å². The van der Waals surface area contributed by atoms with Crippen molar-refractivity contribution in [3.05, 3.63) is 0 Å². The van der Waals surface area contributed by atoms with Crippen LogP contribution >= 0.6 is 0 Å². The summed E-state index contributed by atoms with van der Waals surface area (Å²) in [7, 11) is 0. The Bertz CT molecular complexity index is 471. The molecule has 3 nitrogen and oxygen atoms in total. The molecule has 0 radical (unpaired) electrons. The van der Waals surface area contributed by atoms with Gasteiger partial charge in [0.15, 0.2) is 0 Å². The fourth-order valence-corrected chi connectivity index (χ4v) is 5.79. The molecule has 3 aliphatic carbocycles. The predicted octanol–water partition coefficient (Wildman–Crippen LogP) is 6.16. The van der Waals surface area contributed by atoms with Gasteiger partial charge in [-0.05, 0) is 81.5 Å². The predicted molar refractivity (Wildman–Crippen MR) is 112 cm³/mol. The van der Waals surface area contributed by atoms with E-state index in [-0.39, 0.29) is 11.3 Å². The van der Waals surface area contributed by atoms with Crippen LogP contribution in [0.4, 0.5) is 0 Å². The minimum atomic E-state index is -0.586. The van der Waals surface area contributed by atoms with E-state index in [0.717, 1.165) is 43.9 Å². The average molecular weight is 378 g/mol. The second-order valence-corrected chi connectivity index (χ2v) is 10.7. The van der Waals surface area contributed by atoms with E-state index in [1.165, 1.54) is 64.2 Å². The Labute approximate surface area is 167 Å². The van der Waals surface area contributed by atoms with Crippen molar-refractivity contribution in [2.24, 2.45) is 23.2 Å². The molecule has 0 saturated heterocycles. The fraction of sp³-hybridized carbons (Fsp3) is 0.958. The largest absolute Gasteiger partial charge is 0.481 e. The third-order valence-corrected chi connectivity index (χ3v) is 7.70. The molecule has 3 rings (SSSR count). The molecule has 4 atom stereocenters. The Morgan fingerprint density at radius 2 is 1.41 bits per heavy atom. The van der Waals surface area contributed by atoms with Crippen LogP contribution in [0.1, 0.15) is 110 Å². The van der Waals surface area contributed by atoms with Crippen LogP contribution in [0.15, 0.2) is 0 Å². The van der Waals surface area contributed by atoms with Crippen LogP contribution in [0.25, 0.3) is 0 Å². The van der Waals surface area contributed by atoms with Crippen LogP contribution in [0, 0.1) is 23.2 Å². The SMILES string of the molecule is CC1(C)CCC(NC2CCCCCC(C3CC3)CC2)CCCC(C(=O)O)C1. The lowest BCUT2D eigenvalue weighted by atomic mass is 9.78. The van der Waals surface area contributed by atoms with Gasteiger partial charge in [0.1, 0.15) is 0 Å². The van der Waals surface area contributed by atoms with Crippen molar-refractivity contribution < 1.29 is 9.90 Å². The van der Waals surface area contributed by atoms with Crippen LogP contribution in [0.3, 0.4) is 0 Å². The Balaban J connectivity index is 1.54. The number of carboxylic acids is 1. The molecule has 4 unspecified atom stereocenters. The van der Waals surface area contributed by atoms with Crippen LogP contribution in [0.5, 0.6) is 0 Å². The first-order valence-electron chi connectivity index (χ1n) is 11.9. The molecule has 3 fully saturated rings. The number of aliphatic carboxylic acids is 1. The maximum atomic E-state index is 11.6. The molecule has 0 heterocycles. The highest BCUT2D eigenvalue weighted by atomic mass is 16.4. The first-order valence-corrected chi connectivity index (χ1v) is 11.9. The van der Waals surface area contributed by atoms with Gasteiger partial charge in [0.2, 0.25) is 0 Å². The minimum Gasteiger partial charge on any atom is -0.481 e. The van der Waals surface area contributed by atoms with Crippen molar-refractivity contribution in [2.45, 2.75) is 122 Å². The molecule has 0 bridgehead atoms. The van der Waals surface area contributed by atoms with Crippen molar-refractivity contribution in [1.82, 2.24) is 5.32 Å². The second-order valence-electron chi connectivity index (χ2n) is 10.7. The summed E-state index contributed by atoms with van der Waals surface area (Å²) in [6, 6.07) is 1.27. The molecular formula is C24H43NO2. The van der Waals surface area contributed by atoms with E-state index in [2.05, 4.69) is 19.2 Å². The second kappa shape index (κ2) is 9.76. The highest BCUT2D eigenvalue weighted by Gasteiger charge is 2.33. The summed E-state index contributed by atoms with van der Waals surface area (Å²) in [5.74, 6) is 1.32. The molecular weight excluding hydrogens is 334 g/mol. The quantitative estimate of drug-likeness (QED) is 0.616. The fourth-order valence-electron chi connectivity index (χ4n) is 5.79. The number of carboxylic acid groups (broad SMARTS) is 1. The van der Waals surface area contributed by atoms with Gasteiger partial charge in [0, 0.05) is 12.1 Å². The van der Waals surface area contributed by atoms with Crippen LogP contribution in [-0.2, 0) is 4.79 Å². The highest BCUT2D eigenvalue weighted by Crippen LogP contribution is 2.42. The maximum absolute atomic E-state index is 11.6. The smallest absolute Gasteiger partial charge is 0.306 e. The third-order valence-electron chi connectivity index (χ3n) is 7.70. The van der Waals surface area contributed by atoms with Crippen molar-refractivity contribution in [1.29, 1.82) is 0 Å². The Morgan fingerprint density at radius 3 is 2.15 bits per heavy atom. The summed E-state index contributed by atoms with van der Waals surface area (Å²) in [6.45, 7) is 4.54. The van der Waals surface area contributed by atoms with Crippen molar-refractivity contribution >= 4 is 5.97 Å². The number of carbonyl (C=O) groups is 1. The van der Waals surface area contributed by atoms with Gasteiger partial charge in [-0.25, -0.2) is 0 Å². The van der Waals surface area contributed by atoms with E-state index in [1.807, 2.05) is 0 Å². The van der Waals surface area contributed by atoms with Gasteiger partial charge >= 0.3 is 5.97 Å². The molecule has 3 saturated carbocycles. The molecule has 0 spiro atoms. The van der Waals surface area contributed by atoms with Crippen LogP contribution in [0.2, 0.25) is 0 Å². The standard InChI is InChI=1S/C24H43NO2/c1-24(2)16-15-22(10-6-8-20(17-24)23(26)27)25-21-9-5-3-4-7-18(13-14-21)19-11-12-19/h18-22,25H,3-17H2,1-2H3,(H,26,27). The van der Waals surface area contributed by atoms with E-state index in [9.17, 15) is 9.90 Å². The third kappa shape index (κ3) is 7.07. The van der Waals surface area contributed by atoms with Gasteiger partial charge in [-0.15, -0.1) is 0 Å². The monoisotopic (exact) mass is 377 g/mol. The van der Waals surface area contributed by atoms with Gasteiger partial charge in [0.25, 0.3) is 0 Å². The van der Waals surface area contributed by atoms with Gasteiger partial charge in [-0.2, -0.15) is 0 Å². The van der Waals surface area contributed by atoms with Crippen molar-refractivity contribution in [2.75, 3.05) is 0 Å². The van der Waals surface area contributed by atoms with Crippen LogP contribution in [-0.4, -0.2) is 23.2 Å². The van der Waals surface area contributed by atoms with E-state index in [0.29, 0.717) is 12.1 Å². The first-order chi connectivity index (χ1) is 12.9. The molecule has 156 valence electrons. The molecule has 27 heavy (non-hydrogen) atoms. The molecule has 2 N–H and O–H groups in total. The number of hydrogen-bond donors (Lipinski definition) is 2. The topological polar surface area (TPSA) is 49.3 Å². The number of nitrogens with one attached hydrogen (secondary N) is 1. The van der Waals surface area contributed by atoms with E-state index < -0.39 is 5.97 Å². The first kappa shape index (κ1) is 21.1. The molecule has 0 aliphatic heterocycles. The lowest BCUT2D eigenvalue weighted by Gasteiger charge is -2.30. The Morgan fingerprint density at radius 1 is 0.778 bits per heavy atom. The molecule has 0 aromatic carbocycles. The number of hydrogen-bond acceptors (Lipinski definition) is 2. The molecule has 3 aliphatic rings. The van der Waals surface area contributed by atoms with E-state index in [4.69, 9.17) is 0 Å². The lowest BCUT2D eigenvalue weighted by molar-refractivity contribution is -0.143. The summed E-state index contributed by atoms with van der Waals surface area (Å²) >= 11 is 0. The van der Waals surface area contributed by atoms with Gasteiger partial charge in [-0.3, -0.25) is 4.79 Å². The normalized spacial score (nSPS) is 36.4. The highest BCUT2D eigenvalue weighted by molar-refractivity contribution is 5.69. The maximum Gasteiger partial charge on any atom is 0.306 e. The molecule has 0 amide bonds. The zero-order valence-electron chi connectivity index (χ0n) is 17.8. The summed E-state index contributed by atoms with van der Waals surface area (Å²) in [5, 5.41) is 13.6. The summed E-state index contributed by atoms with van der Waals surface area (Å²) < 4.78 is 0. The minimum absolute atomic E-state index is 0.142. The lowest BCUT2D eigenvalue weighted by Crippen LogP contribution is -2.39. The zero-order chi connectivity index (χ0) is 19.3. The van der Waals surface area contributed by atoms with Crippen molar-refractivity contribution in [3.8, 4) is 0 Å². The molecule has 0 aromatic heterocycles. The average Bonchev–Trinajstić information content (AvgIpc) is 3.42. The number of rotatable bonds is 4. The van der Waals surface area contributed by atoms with Gasteiger partial charge in [-0.1, -0.05) is 46.0 Å². The summed E-state index contributed by atoms with van der Waals surface area (Å²) in [4.78, 5) is 11.6. The van der Waals surface area contributed by atoms with Crippen molar-refractivity contribution in [3.63, 3.8) is 0 Å². The summed E-state index contributed by atoms with van der Waals surface area (Å²) in [5.41, 5.74) is 0.142.